The van der Waals surface area contributed by atoms with E-state index >= 15 is 0 Å². The zero-order valence-electron chi connectivity index (χ0n) is 11.0. The molecule has 0 bridgehead atoms. The van der Waals surface area contributed by atoms with Crippen molar-refractivity contribution >= 4 is 29.0 Å². The molecular weight excluding hydrogens is 301 g/mol. The van der Waals surface area contributed by atoms with E-state index in [4.69, 9.17) is 32.7 Å². The highest BCUT2D eigenvalue weighted by Crippen LogP contribution is 2.26. The lowest BCUT2D eigenvalue weighted by Crippen LogP contribution is -2.04. The molecular formula is C13H13Cl2N3O2. The summed E-state index contributed by atoms with van der Waals surface area (Å²) in [6, 6.07) is 5.57. The number of nitrogens with zero attached hydrogens (tertiary/aromatic N) is 2. The van der Waals surface area contributed by atoms with Gasteiger partial charge in [0.1, 0.15) is 22.3 Å². The maximum atomic E-state index is 5.99. The van der Waals surface area contributed by atoms with Crippen molar-refractivity contribution in [2.45, 2.75) is 6.54 Å². The normalized spacial score (nSPS) is 10.2. The molecule has 106 valence electrons. The third-order valence-electron chi connectivity index (χ3n) is 2.66. The fourth-order valence-electron chi connectivity index (χ4n) is 1.65. The van der Waals surface area contributed by atoms with Crippen LogP contribution in [0.5, 0.6) is 11.5 Å². The van der Waals surface area contributed by atoms with Gasteiger partial charge in [-0.1, -0.05) is 11.6 Å². The number of aromatic nitrogens is 2. The summed E-state index contributed by atoms with van der Waals surface area (Å²) in [4.78, 5) is 7.81. The first kappa shape index (κ1) is 14.7. The van der Waals surface area contributed by atoms with Gasteiger partial charge in [0.05, 0.1) is 20.4 Å². The van der Waals surface area contributed by atoms with Crippen molar-refractivity contribution in [3.63, 3.8) is 0 Å². The van der Waals surface area contributed by atoms with Gasteiger partial charge in [-0.05, 0) is 23.7 Å². The van der Waals surface area contributed by atoms with Gasteiger partial charge in [0.2, 0.25) is 5.28 Å². The Bertz CT molecular complexity index is 608. The fraction of sp³-hybridized carbons (Fsp3) is 0.231. The molecule has 0 aliphatic heterocycles. The summed E-state index contributed by atoms with van der Waals surface area (Å²) in [5, 5.41) is 3.64. The van der Waals surface area contributed by atoms with Gasteiger partial charge in [0, 0.05) is 18.2 Å². The lowest BCUT2D eigenvalue weighted by atomic mass is 10.2. The van der Waals surface area contributed by atoms with Crippen molar-refractivity contribution in [1.82, 2.24) is 9.97 Å². The van der Waals surface area contributed by atoms with Crippen LogP contribution in [-0.4, -0.2) is 24.2 Å². The molecule has 0 aliphatic carbocycles. The number of nitrogens with one attached hydrogen (secondary N) is 1. The highest BCUT2D eigenvalue weighted by atomic mass is 35.5. The highest BCUT2D eigenvalue weighted by Gasteiger charge is 2.08. The molecule has 2 aromatic rings. The summed E-state index contributed by atoms with van der Waals surface area (Å²) in [6.07, 6.45) is 1.45. The second-order valence-electron chi connectivity index (χ2n) is 3.87. The molecule has 0 unspecified atom stereocenters. The maximum Gasteiger partial charge on any atom is 0.224 e. The van der Waals surface area contributed by atoms with Crippen LogP contribution in [0, 0.1) is 0 Å². The van der Waals surface area contributed by atoms with Gasteiger partial charge in [-0.15, -0.1) is 0 Å². The largest absolute Gasteiger partial charge is 0.497 e. The molecule has 0 saturated heterocycles. The molecule has 0 aliphatic rings. The molecule has 1 aromatic heterocycles. The molecule has 0 fully saturated rings. The number of rotatable bonds is 5. The average molecular weight is 314 g/mol. The third kappa shape index (κ3) is 3.43. The highest BCUT2D eigenvalue weighted by molar-refractivity contribution is 6.33. The lowest BCUT2D eigenvalue weighted by molar-refractivity contribution is 0.391. The Hall–Kier alpha value is -1.72. The van der Waals surface area contributed by atoms with E-state index in [1.165, 1.54) is 6.20 Å². The second kappa shape index (κ2) is 6.63. The Labute approximate surface area is 126 Å². The molecule has 1 N–H and O–H groups in total. The first-order valence-electron chi connectivity index (χ1n) is 5.77. The van der Waals surface area contributed by atoms with Crippen molar-refractivity contribution < 1.29 is 9.47 Å². The van der Waals surface area contributed by atoms with E-state index in [-0.39, 0.29) is 5.28 Å². The first-order valence-corrected chi connectivity index (χ1v) is 6.52. The van der Waals surface area contributed by atoms with Gasteiger partial charge in [-0.25, -0.2) is 4.98 Å². The van der Waals surface area contributed by atoms with E-state index in [0.717, 1.165) is 11.3 Å². The van der Waals surface area contributed by atoms with Crippen LogP contribution in [0.1, 0.15) is 5.56 Å². The Morgan fingerprint density at radius 3 is 2.70 bits per heavy atom. The van der Waals surface area contributed by atoms with Crippen LogP contribution < -0.4 is 14.8 Å². The number of anilines is 1. The predicted molar refractivity (Wildman–Crippen MR) is 78.9 cm³/mol. The van der Waals surface area contributed by atoms with Crippen molar-refractivity contribution in [2.75, 3.05) is 19.5 Å². The predicted octanol–water partition coefficient (Wildman–Crippen LogP) is 3.41. The van der Waals surface area contributed by atoms with E-state index in [9.17, 15) is 0 Å². The maximum absolute atomic E-state index is 5.99. The minimum absolute atomic E-state index is 0.138. The van der Waals surface area contributed by atoms with E-state index < -0.39 is 0 Å². The van der Waals surface area contributed by atoms with Crippen molar-refractivity contribution in [3.05, 3.63) is 40.3 Å². The minimum atomic E-state index is 0.138. The van der Waals surface area contributed by atoms with Gasteiger partial charge >= 0.3 is 0 Å². The summed E-state index contributed by atoms with van der Waals surface area (Å²) in [5.41, 5.74) is 0.944. The Kier molecular flexibility index (Phi) is 4.87. The molecule has 7 heteroatoms. The molecule has 5 nitrogen and oxygen atoms in total. The van der Waals surface area contributed by atoms with Crippen LogP contribution >= 0.6 is 23.2 Å². The summed E-state index contributed by atoms with van der Waals surface area (Å²) in [5.74, 6) is 1.92. The molecule has 1 aromatic carbocycles. The monoisotopic (exact) mass is 313 g/mol. The van der Waals surface area contributed by atoms with Gasteiger partial charge in [0.15, 0.2) is 0 Å². The van der Waals surface area contributed by atoms with Gasteiger partial charge in [-0.3, -0.25) is 0 Å². The number of ether oxygens (including phenoxy) is 2. The molecule has 0 amide bonds. The second-order valence-corrected chi connectivity index (χ2v) is 4.61. The van der Waals surface area contributed by atoms with Crippen LogP contribution in [0.4, 0.5) is 5.82 Å². The zero-order chi connectivity index (χ0) is 14.5. The first-order chi connectivity index (χ1) is 9.63. The Morgan fingerprint density at radius 2 is 2.00 bits per heavy atom. The van der Waals surface area contributed by atoms with Crippen LogP contribution in [0.2, 0.25) is 10.3 Å². The molecule has 2 rings (SSSR count). The Balaban J connectivity index is 2.16. The standard InChI is InChI=1S/C13H13Cl2N3O2/c1-19-9-4-3-8(11(5-9)20-2)6-16-12-10(14)7-17-13(15)18-12/h3-5,7H,6H2,1-2H3,(H,16,17,18). The van der Waals surface area contributed by atoms with Crippen molar-refractivity contribution in [3.8, 4) is 11.5 Å². The topological polar surface area (TPSA) is 56.3 Å². The number of halogens is 2. The van der Waals surface area contributed by atoms with Gasteiger partial charge in [0.25, 0.3) is 0 Å². The quantitative estimate of drug-likeness (QED) is 0.857. The third-order valence-corrected chi connectivity index (χ3v) is 3.11. The number of hydrogen-bond acceptors (Lipinski definition) is 5. The van der Waals surface area contributed by atoms with E-state index in [2.05, 4.69) is 15.3 Å². The summed E-state index contributed by atoms with van der Waals surface area (Å²) < 4.78 is 10.5. The fourth-order valence-corrected chi connectivity index (χ4v) is 1.94. The van der Waals surface area contributed by atoms with Crippen LogP contribution in [-0.2, 0) is 6.54 Å². The van der Waals surface area contributed by atoms with Gasteiger partial charge in [-0.2, -0.15) is 4.98 Å². The number of methoxy groups -OCH3 is 2. The average Bonchev–Trinajstić information content (AvgIpc) is 2.48. The summed E-state index contributed by atoms with van der Waals surface area (Å²) in [7, 11) is 3.21. The Morgan fingerprint density at radius 1 is 1.20 bits per heavy atom. The van der Waals surface area contributed by atoms with Crippen LogP contribution in [0.25, 0.3) is 0 Å². The van der Waals surface area contributed by atoms with E-state index in [1.807, 2.05) is 18.2 Å². The number of hydrogen-bond donors (Lipinski definition) is 1. The molecule has 20 heavy (non-hydrogen) atoms. The minimum Gasteiger partial charge on any atom is -0.497 e. The zero-order valence-corrected chi connectivity index (χ0v) is 12.5. The lowest BCUT2D eigenvalue weighted by Gasteiger charge is -2.12. The number of benzene rings is 1. The van der Waals surface area contributed by atoms with Crippen LogP contribution in [0.3, 0.4) is 0 Å². The smallest absolute Gasteiger partial charge is 0.224 e. The van der Waals surface area contributed by atoms with Crippen molar-refractivity contribution in [1.29, 1.82) is 0 Å². The summed E-state index contributed by atoms with van der Waals surface area (Å²) in [6.45, 7) is 0.486. The molecule has 0 saturated carbocycles. The SMILES string of the molecule is COc1ccc(CNc2nc(Cl)ncc2Cl)c(OC)c1. The summed E-state index contributed by atoms with van der Waals surface area (Å²) >= 11 is 11.7. The van der Waals surface area contributed by atoms with Gasteiger partial charge < -0.3 is 14.8 Å². The van der Waals surface area contributed by atoms with E-state index in [1.54, 1.807) is 14.2 Å². The molecule has 1 heterocycles. The van der Waals surface area contributed by atoms with Crippen LogP contribution in [0.15, 0.2) is 24.4 Å². The van der Waals surface area contributed by atoms with Crippen molar-refractivity contribution in [2.24, 2.45) is 0 Å². The molecule has 0 atom stereocenters. The molecule has 0 radical (unpaired) electrons. The van der Waals surface area contributed by atoms with E-state index in [0.29, 0.717) is 23.1 Å². The molecule has 0 spiro atoms.